The third kappa shape index (κ3) is 3.85. The monoisotopic (exact) mass is 181 g/mol. The van der Waals surface area contributed by atoms with Crippen molar-refractivity contribution in [2.24, 2.45) is 0 Å². The van der Waals surface area contributed by atoms with E-state index in [2.05, 4.69) is 22.2 Å². The predicted molar refractivity (Wildman–Crippen MR) is 51.4 cm³/mol. The fourth-order valence-electron chi connectivity index (χ4n) is 1.10. The van der Waals surface area contributed by atoms with Crippen LogP contribution in [0.5, 0.6) is 0 Å². The van der Waals surface area contributed by atoms with Crippen LogP contribution in [0.3, 0.4) is 0 Å². The van der Waals surface area contributed by atoms with Crippen LogP contribution in [0.2, 0.25) is 0 Å². The second kappa shape index (κ2) is 5.48. The van der Waals surface area contributed by atoms with Gasteiger partial charge in [0.05, 0.1) is 6.20 Å². The first-order valence-electron chi connectivity index (χ1n) is 4.46. The highest BCUT2D eigenvalue weighted by atomic mass is 16.2. The summed E-state index contributed by atoms with van der Waals surface area (Å²) in [7, 11) is 0. The van der Waals surface area contributed by atoms with Gasteiger partial charge in [-0.15, -0.1) is 0 Å². The number of hydrogen-bond acceptors (Lipinski definition) is 4. The fourth-order valence-corrected chi connectivity index (χ4v) is 1.10. The van der Waals surface area contributed by atoms with Crippen LogP contribution >= 0.6 is 0 Å². The van der Waals surface area contributed by atoms with Crippen molar-refractivity contribution >= 4 is 5.82 Å². The Hall–Kier alpha value is -1.16. The largest absolute Gasteiger partial charge is 0.396 e. The molecule has 72 valence electrons. The first-order valence-corrected chi connectivity index (χ1v) is 4.46. The molecule has 0 fully saturated rings. The van der Waals surface area contributed by atoms with Crippen molar-refractivity contribution in [3.05, 3.63) is 18.6 Å². The molecule has 1 atom stereocenters. The summed E-state index contributed by atoms with van der Waals surface area (Å²) >= 11 is 0. The predicted octanol–water partition coefficient (Wildman–Crippen LogP) is 1.05. The average Bonchev–Trinajstić information content (AvgIpc) is 2.16. The summed E-state index contributed by atoms with van der Waals surface area (Å²) in [5.41, 5.74) is 0. The lowest BCUT2D eigenvalue weighted by Crippen LogP contribution is -2.16. The van der Waals surface area contributed by atoms with Gasteiger partial charge in [-0.2, -0.15) is 0 Å². The van der Waals surface area contributed by atoms with Gasteiger partial charge in [0.15, 0.2) is 0 Å². The number of nitrogens with zero attached hydrogens (tertiary/aromatic N) is 2. The summed E-state index contributed by atoms with van der Waals surface area (Å²) < 4.78 is 0. The van der Waals surface area contributed by atoms with Crippen molar-refractivity contribution in [2.75, 3.05) is 11.9 Å². The number of aliphatic hydroxyl groups is 1. The van der Waals surface area contributed by atoms with E-state index in [0.717, 1.165) is 18.7 Å². The second-order valence-electron chi connectivity index (χ2n) is 3.00. The van der Waals surface area contributed by atoms with Crippen LogP contribution in [0, 0.1) is 0 Å². The van der Waals surface area contributed by atoms with Gasteiger partial charge < -0.3 is 10.4 Å². The molecule has 0 saturated heterocycles. The minimum absolute atomic E-state index is 0.243. The Kier molecular flexibility index (Phi) is 4.18. The molecule has 13 heavy (non-hydrogen) atoms. The summed E-state index contributed by atoms with van der Waals surface area (Å²) in [5.74, 6) is 0.785. The van der Waals surface area contributed by atoms with Crippen LogP contribution in [0.4, 0.5) is 5.82 Å². The standard InChI is InChI=1S/C9H15N3O/c1-8(3-2-6-13)12-9-7-10-4-5-11-9/h4-5,7-8,13H,2-3,6H2,1H3,(H,11,12). The molecule has 1 aromatic rings. The lowest BCUT2D eigenvalue weighted by Gasteiger charge is -2.12. The topological polar surface area (TPSA) is 58.0 Å². The molecule has 4 heteroatoms. The van der Waals surface area contributed by atoms with Crippen LogP contribution in [-0.2, 0) is 0 Å². The van der Waals surface area contributed by atoms with Gasteiger partial charge >= 0.3 is 0 Å². The Morgan fingerprint density at radius 1 is 1.54 bits per heavy atom. The molecule has 1 heterocycles. The first-order chi connectivity index (χ1) is 6.33. The molecule has 0 aromatic carbocycles. The van der Waals surface area contributed by atoms with Crippen LogP contribution in [-0.4, -0.2) is 27.7 Å². The molecule has 0 saturated carbocycles. The second-order valence-corrected chi connectivity index (χ2v) is 3.00. The highest BCUT2D eigenvalue weighted by Crippen LogP contribution is 2.04. The lowest BCUT2D eigenvalue weighted by atomic mass is 10.2. The average molecular weight is 181 g/mol. The van der Waals surface area contributed by atoms with Gasteiger partial charge in [0.1, 0.15) is 5.82 Å². The number of aromatic nitrogens is 2. The van der Waals surface area contributed by atoms with Gasteiger partial charge in [-0.1, -0.05) is 0 Å². The first kappa shape index (κ1) is 9.92. The molecule has 0 bridgehead atoms. The van der Waals surface area contributed by atoms with E-state index in [0.29, 0.717) is 6.04 Å². The minimum Gasteiger partial charge on any atom is -0.396 e. The Balaban J connectivity index is 2.32. The maximum Gasteiger partial charge on any atom is 0.144 e. The van der Waals surface area contributed by atoms with E-state index in [4.69, 9.17) is 5.11 Å². The Morgan fingerprint density at radius 2 is 2.38 bits per heavy atom. The Bertz CT molecular complexity index is 228. The van der Waals surface area contributed by atoms with Crippen molar-refractivity contribution in [2.45, 2.75) is 25.8 Å². The van der Waals surface area contributed by atoms with Gasteiger partial charge in [-0.05, 0) is 19.8 Å². The van der Waals surface area contributed by atoms with Crippen molar-refractivity contribution in [1.29, 1.82) is 0 Å². The number of rotatable bonds is 5. The molecule has 0 amide bonds. The van der Waals surface area contributed by atoms with Gasteiger partial charge in [-0.3, -0.25) is 4.98 Å². The summed E-state index contributed by atoms with van der Waals surface area (Å²) in [5, 5.41) is 11.8. The third-order valence-corrected chi connectivity index (χ3v) is 1.75. The van der Waals surface area contributed by atoms with E-state index >= 15 is 0 Å². The normalized spacial score (nSPS) is 12.5. The zero-order valence-corrected chi connectivity index (χ0v) is 7.77. The van der Waals surface area contributed by atoms with E-state index in [-0.39, 0.29) is 6.61 Å². The maximum absolute atomic E-state index is 8.63. The maximum atomic E-state index is 8.63. The molecule has 1 unspecified atom stereocenters. The number of aliphatic hydroxyl groups excluding tert-OH is 1. The summed E-state index contributed by atoms with van der Waals surface area (Å²) in [6.45, 7) is 2.30. The molecule has 0 radical (unpaired) electrons. The molecule has 0 aliphatic carbocycles. The van der Waals surface area contributed by atoms with Gasteiger partial charge in [0, 0.05) is 25.0 Å². The van der Waals surface area contributed by atoms with E-state index < -0.39 is 0 Å². The number of anilines is 1. The fraction of sp³-hybridized carbons (Fsp3) is 0.556. The number of hydrogen-bond donors (Lipinski definition) is 2. The van der Waals surface area contributed by atoms with Crippen molar-refractivity contribution in [3.8, 4) is 0 Å². The summed E-state index contributed by atoms with van der Waals surface area (Å²) in [4.78, 5) is 8.03. The molecule has 4 nitrogen and oxygen atoms in total. The van der Waals surface area contributed by atoms with Gasteiger partial charge in [0.2, 0.25) is 0 Å². The van der Waals surface area contributed by atoms with Crippen molar-refractivity contribution in [1.82, 2.24) is 9.97 Å². The molecule has 2 N–H and O–H groups in total. The zero-order chi connectivity index (χ0) is 9.52. The molecule has 1 rings (SSSR count). The van der Waals surface area contributed by atoms with E-state index in [9.17, 15) is 0 Å². The smallest absolute Gasteiger partial charge is 0.144 e. The summed E-state index contributed by atoms with van der Waals surface area (Å²) in [6, 6.07) is 0.323. The van der Waals surface area contributed by atoms with Gasteiger partial charge in [0.25, 0.3) is 0 Å². The van der Waals surface area contributed by atoms with Crippen LogP contribution < -0.4 is 5.32 Å². The zero-order valence-electron chi connectivity index (χ0n) is 7.77. The van der Waals surface area contributed by atoms with Gasteiger partial charge in [-0.25, -0.2) is 4.98 Å². The quantitative estimate of drug-likeness (QED) is 0.712. The molecule has 0 aliphatic heterocycles. The molecule has 0 spiro atoms. The Labute approximate surface area is 78.0 Å². The van der Waals surface area contributed by atoms with Crippen LogP contribution in [0.15, 0.2) is 18.6 Å². The van der Waals surface area contributed by atoms with E-state index in [1.807, 2.05) is 0 Å². The number of nitrogens with one attached hydrogen (secondary N) is 1. The van der Waals surface area contributed by atoms with E-state index in [1.165, 1.54) is 0 Å². The molecular formula is C9H15N3O. The summed E-state index contributed by atoms with van der Waals surface area (Å²) in [6.07, 6.45) is 6.74. The molecular weight excluding hydrogens is 166 g/mol. The van der Waals surface area contributed by atoms with E-state index in [1.54, 1.807) is 18.6 Å². The minimum atomic E-state index is 0.243. The lowest BCUT2D eigenvalue weighted by molar-refractivity contribution is 0.282. The third-order valence-electron chi connectivity index (χ3n) is 1.75. The van der Waals surface area contributed by atoms with Crippen LogP contribution in [0.25, 0.3) is 0 Å². The highest BCUT2D eigenvalue weighted by molar-refractivity contribution is 5.30. The van der Waals surface area contributed by atoms with Crippen molar-refractivity contribution < 1.29 is 5.11 Å². The molecule has 1 aromatic heterocycles. The SMILES string of the molecule is CC(CCCO)Nc1cnccn1. The highest BCUT2D eigenvalue weighted by Gasteiger charge is 2.01. The van der Waals surface area contributed by atoms with Crippen molar-refractivity contribution in [3.63, 3.8) is 0 Å². The molecule has 0 aliphatic rings. The van der Waals surface area contributed by atoms with Crippen LogP contribution in [0.1, 0.15) is 19.8 Å². The Morgan fingerprint density at radius 3 is 3.00 bits per heavy atom.